The number of hydrogen-bond acceptors (Lipinski definition) is 4. The van der Waals surface area contributed by atoms with Gasteiger partial charge in [0.05, 0.1) is 12.8 Å². The zero-order valence-electron chi connectivity index (χ0n) is 11.4. The van der Waals surface area contributed by atoms with Crippen molar-refractivity contribution in [3.05, 3.63) is 18.3 Å². The minimum atomic E-state index is -3.43. The van der Waals surface area contributed by atoms with E-state index in [2.05, 4.69) is 4.98 Å². The molecule has 1 aromatic rings. The van der Waals surface area contributed by atoms with Crippen LogP contribution in [0, 0.1) is 0 Å². The first-order chi connectivity index (χ1) is 9.05. The van der Waals surface area contributed by atoms with E-state index in [0.717, 1.165) is 19.3 Å². The standard InChI is InChI=1S/C13H20N2O3S/c1-3-18-13-8-7-12(10-14-13)19(16,17)15-9-5-4-6-11(15)2/h7-8,10-11H,3-6,9H2,1-2H3/t11-/m1/s1. The molecule has 0 amide bonds. The van der Waals surface area contributed by atoms with Crippen LogP contribution in [0.3, 0.4) is 0 Å². The lowest BCUT2D eigenvalue weighted by Gasteiger charge is -2.32. The first-order valence-corrected chi connectivity index (χ1v) is 8.10. The maximum Gasteiger partial charge on any atom is 0.244 e. The van der Waals surface area contributed by atoms with Crippen LogP contribution in [0.15, 0.2) is 23.2 Å². The molecule has 0 N–H and O–H groups in total. The van der Waals surface area contributed by atoms with E-state index in [1.165, 1.54) is 6.20 Å². The van der Waals surface area contributed by atoms with E-state index in [-0.39, 0.29) is 10.9 Å². The smallest absolute Gasteiger partial charge is 0.244 e. The minimum absolute atomic E-state index is 0.0605. The molecule has 2 rings (SSSR count). The van der Waals surface area contributed by atoms with E-state index in [4.69, 9.17) is 4.74 Å². The molecule has 0 aromatic carbocycles. The summed E-state index contributed by atoms with van der Waals surface area (Å²) < 4.78 is 31.8. The van der Waals surface area contributed by atoms with E-state index < -0.39 is 10.0 Å². The van der Waals surface area contributed by atoms with E-state index in [0.29, 0.717) is 19.0 Å². The molecule has 0 aliphatic carbocycles. The SMILES string of the molecule is CCOc1ccc(S(=O)(=O)N2CCCC[C@H]2C)cn1. The molecule has 5 nitrogen and oxygen atoms in total. The lowest BCUT2D eigenvalue weighted by atomic mass is 10.1. The number of ether oxygens (including phenoxy) is 1. The van der Waals surface area contributed by atoms with Gasteiger partial charge in [0.1, 0.15) is 4.90 Å². The highest BCUT2D eigenvalue weighted by atomic mass is 32.2. The van der Waals surface area contributed by atoms with Crippen molar-refractivity contribution in [2.45, 2.75) is 44.0 Å². The third kappa shape index (κ3) is 3.06. The molecule has 0 saturated carbocycles. The first kappa shape index (κ1) is 14.3. The fraction of sp³-hybridized carbons (Fsp3) is 0.615. The van der Waals surface area contributed by atoms with Crippen molar-refractivity contribution in [2.24, 2.45) is 0 Å². The zero-order valence-corrected chi connectivity index (χ0v) is 12.2. The summed E-state index contributed by atoms with van der Waals surface area (Å²) in [5.74, 6) is 0.452. The third-order valence-electron chi connectivity index (χ3n) is 3.35. The van der Waals surface area contributed by atoms with Crippen LogP contribution in [0.2, 0.25) is 0 Å². The number of aromatic nitrogens is 1. The topological polar surface area (TPSA) is 59.5 Å². The molecule has 1 fully saturated rings. The summed E-state index contributed by atoms with van der Waals surface area (Å²) in [6, 6.07) is 3.23. The number of nitrogens with zero attached hydrogens (tertiary/aromatic N) is 2. The van der Waals surface area contributed by atoms with Gasteiger partial charge in [-0.25, -0.2) is 13.4 Å². The van der Waals surface area contributed by atoms with Crippen LogP contribution in [0.1, 0.15) is 33.1 Å². The predicted molar refractivity (Wildman–Crippen MR) is 72.6 cm³/mol. The molecule has 1 aliphatic heterocycles. The van der Waals surface area contributed by atoms with Gasteiger partial charge >= 0.3 is 0 Å². The molecule has 1 atom stereocenters. The van der Waals surface area contributed by atoms with Crippen LogP contribution in [-0.4, -0.2) is 36.9 Å². The number of sulfonamides is 1. The summed E-state index contributed by atoms with van der Waals surface area (Å²) in [5, 5.41) is 0. The van der Waals surface area contributed by atoms with Gasteiger partial charge in [0.2, 0.25) is 15.9 Å². The van der Waals surface area contributed by atoms with Crippen molar-refractivity contribution in [1.82, 2.24) is 9.29 Å². The van der Waals surface area contributed by atoms with Gasteiger partial charge in [0.15, 0.2) is 0 Å². The van der Waals surface area contributed by atoms with Gasteiger partial charge in [-0.2, -0.15) is 4.31 Å². The molecule has 0 radical (unpaired) electrons. The minimum Gasteiger partial charge on any atom is -0.478 e. The lowest BCUT2D eigenvalue weighted by Crippen LogP contribution is -2.41. The molecule has 1 aliphatic rings. The predicted octanol–water partition coefficient (Wildman–Crippen LogP) is 2.04. The van der Waals surface area contributed by atoms with E-state index >= 15 is 0 Å². The molecule has 1 aromatic heterocycles. The van der Waals surface area contributed by atoms with Crippen LogP contribution in [0.25, 0.3) is 0 Å². The summed E-state index contributed by atoms with van der Waals surface area (Å²) in [6.45, 7) is 4.93. The molecule has 0 spiro atoms. The Morgan fingerprint density at radius 1 is 1.42 bits per heavy atom. The third-order valence-corrected chi connectivity index (χ3v) is 5.35. The maximum absolute atomic E-state index is 12.5. The monoisotopic (exact) mass is 284 g/mol. The molecule has 2 heterocycles. The average molecular weight is 284 g/mol. The molecule has 19 heavy (non-hydrogen) atoms. The van der Waals surface area contributed by atoms with Crippen LogP contribution < -0.4 is 4.74 Å². The number of pyridine rings is 1. The van der Waals surface area contributed by atoms with Gasteiger partial charge in [0, 0.05) is 18.7 Å². The normalized spacial score (nSPS) is 21.3. The molecule has 106 valence electrons. The highest BCUT2D eigenvalue weighted by Gasteiger charge is 2.31. The van der Waals surface area contributed by atoms with Gasteiger partial charge in [-0.05, 0) is 32.8 Å². The van der Waals surface area contributed by atoms with Crippen molar-refractivity contribution in [1.29, 1.82) is 0 Å². The Labute approximate surface area is 114 Å². The van der Waals surface area contributed by atoms with Gasteiger partial charge in [-0.3, -0.25) is 0 Å². The zero-order chi connectivity index (χ0) is 13.9. The van der Waals surface area contributed by atoms with Gasteiger partial charge in [0.25, 0.3) is 0 Å². The average Bonchev–Trinajstić information content (AvgIpc) is 2.40. The molecular weight excluding hydrogens is 264 g/mol. The number of hydrogen-bond donors (Lipinski definition) is 0. The van der Waals surface area contributed by atoms with E-state index in [1.807, 2.05) is 13.8 Å². The molecular formula is C13H20N2O3S. The van der Waals surface area contributed by atoms with Gasteiger partial charge < -0.3 is 4.74 Å². The van der Waals surface area contributed by atoms with Crippen LogP contribution in [0.4, 0.5) is 0 Å². The number of piperidine rings is 1. The Morgan fingerprint density at radius 3 is 2.79 bits per heavy atom. The Kier molecular flexibility index (Phi) is 4.42. The van der Waals surface area contributed by atoms with Crippen LogP contribution >= 0.6 is 0 Å². The second-order valence-electron chi connectivity index (χ2n) is 4.73. The fourth-order valence-electron chi connectivity index (χ4n) is 2.32. The maximum atomic E-state index is 12.5. The van der Waals surface area contributed by atoms with Crippen molar-refractivity contribution >= 4 is 10.0 Å². The summed E-state index contributed by atoms with van der Waals surface area (Å²) >= 11 is 0. The fourth-order valence-corrected chi connectivity index (χ4v) is 3.96. The summed E-state index contributed by atoms with van der Waals surface area (Å²) in [7, 11) is -3.43. The quantitative estimate of drug-likeness (QED) is 0.849. The highest BCUT2D eigenvalue weighted by Crippen LogP contribution is 2.25. The van der Waals surface area contributed by atoms with Gasteiger partial charge in [-0.1, -0.05) is 6.42 Å². The Hall–Kier alpha value is -1.14. The van der Waals surface area contributed by atoms with E-state index in [1.54, 1.807) is 16.4 Å². The largest absolute Gasteiger partial charge is 0.478 e. The highest BCUT2D eigenvalue weighted by molar-refractivity contribution is 7.89. The van der Waals surface area contributed by atoms with Crippen LogP contribution in [0.5, 0.6) is 5.88 Å². The van der Waals surface area contributed by atoms with Crippen molar-refractivity contribution in [3.8, 4) is 5.88 Å². The summed E-state index contributed by atoms with van der Waals surface area (Å²) in [6.07, 6.45) is 4.31. The Morgan fingerprint density at radius 2 is 2.21 bits per heavy atom. The first-order valence-electron chi connectivity index (χ1n) is 6.66. The van der Waals surface area contributed by atoms with Crippen molar-refractivity contribution < 1.29 is 13.2 Å². The van der Waals surface area contributed by atoms with Gasteiger partial charge in [-0.15, -0.1) is 0 Å². The second-order valence-corrected chi connectivity index (χ2v) is 6.62. The van der Waals surface area contributed by atoms with E-state index in [9.17, 15) is 8.42 Å². The summed E-state index contributed by atoms with van der Waals surface area (Å²) in [5.41, 5.74) is 0. The Balaban J connectivity index is 2.23. The Bertz CT molecular complexity index is 513. The molecule has 1 saturated heterocycles. The molecule has 0 unspecified atom stereocenters. The van der Waals surface area contributed by atoms with Crippen molar-refractivity contribution in [2.75, 3.05) is 13.2 Å². The van der Waals surface area contributed by atoms with Crippen molar-refractivity contribution in [3.63, 3.8) is 0 Å². The number of rotatable bonds is 4. The molecule has 0 bridgehead atoms. The lowest BCUT2D eigenvalue weighted by molar-refractivity contribution is 0.268. The summed E-state index contributed by atoms with van der Waals surface area (Å²) in [4.78, 5) is 4.27. The van der Waals surface area contributed by atoms with Crippen LogP contribution in [-0.2, 0) is 10.0 Å². The molecule has 6 heteroatoms. The second kappa shape index (κ2) is 5.88.